The molecule has 1 saturated heterocycles. The number of carbonyl (C=O) groups is 1. The molecule has 1 amide bonds. The highest BCUT2D eigenvalue weighted by Crippen LogP contribution is 2.30. The van der Waals surface area contributed by atoms with Crippen molar-refractivity contribution in [1.82, 2.24) is 9.97 Å². The largest absolute Gasteiger partial charge is 0.495 e. The Morgan fingerprint density at radius 2 is 2.12 bits per heavy atom. The maximum Gasteiger partial charge on any atom is 0.234 e. The molecule has 9 heteroatoms. The van der Waals surface area contributed by atoms with E-state index in [1.807, 2.05) is 11.8 Å². The van der Waals surface area contributed by atoms with E-state index in [0.29, 0.717) is 16.5 Å². The number of nitrogens with one attached hydrogen (secondary N) is 1. The van der Waals surface area contributed by atoms with Crippen LogP contribution in [-0.2, 0) is 4.79 Å². The number of methoxy groups -OCH3 is 1. The highest BCUT2D eigenvalue weighted by molar-refractivity contribution is 8.00. The summed E-state index contributed by atoms with van der Waals surface area (Å²) in [5.74, 6) is 3.65. The molecule has 1 aromatic heterocycles. The van der Waals surface area contributed by atoms with Crippen molar-refractivity contribution in [3.05, 3.63) is 35.6 Å². The Labute approximate surface area is 166 Å². The van der Waals surface area contributed by atoms with Gasteiger partial charge in [-0.15, -0.1) is 0 Å². The van der Waals surface area contributed by atoms with Gasteiger partial charge in [0.15, 0.2) is 5.82 Å². The third-order valence-corrected chi connectivity index (χ3v) is 5.88. The van der Waals surface area contributed by atoms with Crippen molar-refractivity contribution in [3.8, 4) is 5.75 Å². The van der Waals surface area contributed by atoms with Gasteiger partial charge in [-0.25, -0.2) is 9.97 Å². The SMILES string of the molecule is COc1ccc(Cl)cc1NC(=O)CSc1nccnc1N1CCSCC1. The van der Waals surface area contributed by atoms with Gasteiger partial charge in [0.1, 0.15) is 10.8 Å². The monoisotopic (exact) mass is 410 g/mol. The highest BCUT2D eigenvalue weighted by atomic mass is 35.5. The molecule has 0 aliphatic carbocycles. The minimum Gasteiger partial charge on any atom is -0.495 e. The van der Waals surface area contributed by atoms with Gasteiger partial charge in [0, 0.05) is 42.0 Å². The number of thioether (sulfide) groups is 2. The first-order valence-corrected chi connectivity index (χ1v) is 10.6. The Morgan fingerprint density at radius 1 is 1.35 bits per heavy atom. The van der Waals surface area contributed by atoms with Gasteiger partial charge >= 0.3 is 0 Å². The van der Waals surface area contributed by atoms with Crippen LogP contribution in [0.15, 0.2) is 35.6 Å². The maximum atomic E-state index is 12.4. The van der Waals surface area contributed by atoms with Crippen molar-refractivity contribution >= 4 is 52.5 Å². The van der Waals surface area contributed by atoms with Gasteiger partial charge in [0.2, 0.25) is 5.91 Å². The van der Waals surface area contributed by atoms with Gasteiger partial charge in [-0.1, -0.05) is 23.4 Å². The van der Waals surface area contributed by atoms with E-state index in [1.165, 1.54) is 11.8 Å². The van der Waals surface area contributed by atoms with Crippen LogP contribution in [0.3, 0.4) is 0 Å². The average Bonchev–Trinajstić information content (AvgIpc) is 2.67. The van der Waals surface area contributed by atoms with Crippen LogP contribution in [0.4, 0.5) is 11.5 Å². The molecule has 2 aromatic rings. The first kappa shape index (κ1) is 19.1. The molecule has 1 fully saturated rings. The van der Waals surface area contributed by atoms with Gasteiger partial charge in [-0.05, 0) is 18.2 Å². The molecular weight excluding hydrogens is 392 g/mol. The van der Waals surface area contributed by atoms with Crippen LogP contribution in [0.1, 0.15) is 0 Å². The van der Waals surface area contributed by atoms with E-state index in [0.717, 1.165) is 35.4 Å². The maximum absolute atomic E-state index is 12.4. The van der Waals surface area contributed by atoms with Gasteiger partial charge in [-0.2, -0.15) is 11.8 Å². The number of aromatic nitrogens is 2. The van der Waals surface area contributed by atoms with E-state index in [-0.39, 0.29) is 11.7 Å². The molecule has 0 bridgehead atoms. The lowest BCUT2D eigenvalue weighted by Crippen LogP contribution is -2.33. The zero-order chi connectivity index (χ0) is 18.4. The number of benzene rings is 1. The molecule has 1 N–H and O–H groups in total. The minimum absolute atomic E-state index is 0.152. The van der Waals surface area contributed by atoms with Crippen molar-refractivity contribution in [2.75, 3.05) is 47.7 Å². The summed E-state index contributed by atoms with van der Waals surface area (Å²) in [6.07, 6.45) is 3.35. The predicted molar refractivity (Wildman–Crippen MR) is 109 cm³/mol. The van der Waals surface area contributed by atoms with Crippen molar-refractivity contribution in [3.63, 3.8) is 0 Å². The van der Waals surface area contributed by atoms with Crippen LogP contribution in [0, 0.1) is 0 Å². The normalized spacial score (nSPS) is 14.2. The quantitative estimate of drug-likeness (QED) is 0.731. The minimum atomic E-state index is -0.152. The van der Waals surface area contributed by atoms with Crippen LogP contribution in [0.2, 0.25) is 5.02 Å². The number of hydrogen-bond acceptors (Lipinski definition) is 7. The summed E-state index contributed by atoms with van der Waals surface area (Å²) in [6.45, 7) is 1.89. The number of amides is 1. The van der Waals surface area contributed by atoms with Crippen LogP contribution < -0.4 is 15.0 Å². The van der Waals surface area contributed by atoms with Gasteiger partial charge in [0.25, 0.3) is 0 Å². The Balaban J connectivity index is 1.64. The van der Waals surface area contributed by atoms with E-state index in [2.05, 4.69) is 20.2 Å². The number of halogens is 1. The smallest absolute Gasteiger partial charge is 0.234 e. The molecule has 6 nitrogen and oxygen atoms in total. The Bertz CT molecular complexity index is 772. The fourth-order valence-corrected chi connectivity index (χ4v) is 4.37. The molecule has 1 aliphatic rings. The number of anilines is 2. The number of carbonyl (C=O) groups excluding carboxylic acids is 1. The number of ether oxygens (including phenoxy) is 1. The zero-order valence-electron chi connectivity index (χ0n) is 14.3. The summed E-state index contributed by atoms with van der Waals surface area (Å²) in [6, 6.07) is 5.11. The Morgan fingerprint density at radius 3 is 2.88 bits per heavy atom. The fraction of sp³-hybridized carbons (Fsp3) is 0.353. The summed E-state index contributed by atoms with van der Waals surface area (Å²) in [4.78, 5) is 23.5. The summed E-state index contributed by atoms with van der Waals surface area (Å²) < 4.78 is 5.25. The van der Waals surface area contributed by atoms with E-state index >= 15 is 0 Å². The lowest BCUT2D eigenvalue weighted by molar-refractivity contribution is -0.113. The second-order valence-electron chi connectivity index (χ2n) is 5.47. The van der Waals surface area contributed by atoms with Crippen LogP contribution >= 0.6 is 35.1 Å². The molecule has 1 aromatic carbocycles. The molecule has 0 saturated carbocycles. The number of rotatable bonds is 6. The molecule has 0 unspecified atom stereocenters. The molecule has 138 valence electrons. The third-order valence-electron chi connectivity index (χ3n) is 3.73. The van der Waals surface area contributed by atoms with Crippen LogP contribution in [-0.4, -0.2) is 53.3 Å². The summed E-state index contributed by atoms with van der Waals surface area (Å²) in [5, 5.41) is 4.14. The first-order valence-electron chi connectivity index (χ1n) is 8.07. The molecule has 3 rings (SSSR count). The summed E-state index contributed by atoms with van der Waals surface area (Å²) in [5.41, 5.74) is 0.554. The molecule has 2 heterocycles. The van der Waals surface area contributed by atoms with Crippen molar-refractivity contribution in [1.29, 1.82) is 0 Å². The van der Waals surface area contributed by atoms with Gasteiger partial charge in [0.05, 0.1) is 18.6 Å². The van der Waals surface area contributed by atoms with E-state index < -0.39 is 0 Å². The van der Waals surface area contributed by atoms with E-state index in [4.69, 9.17) is 16.3 Å². The second kappa shape index (κ2) is 9.34. The average molecular weight is 411 g/mol. The topological polar surface area (TPSA) is 67.3 Å². The van der Waals surface area contributed by atoms with Crippen LogP contribution in [0.5, 0.6) is 5.75 Å². The third kappa shape index (κ3) is 4.96. The highest BCUT2D eigenvalue weighted by Gasteiger charge is 2.18. The van der Waals surface area contributed by atoms with Crippen molar-refractivity contribution < 1.29 is 9.53 Å². The predicted octanol–water partition coefficient (Wildman–Crippen LogP) is 3.42. The zero-order valence-corrected chi connectivity index (χ0v) is 16.7. The van der Waals surface area contributed by atoms with Crippen LogP contribution in [0.25, 0.3) is 0 Å². The van der Waals surface area contributed by atoms with Crippen molar-refractivity contribution in [2.45, 2.75) is 5.03 Å². The molecule has 0 atom stereocenters. The second-order valence-corrected chi connectivity index (χ2v) is 8.09. The van der Waals surface area contributed by atoms with Gasteiger partial charge in [-0.3, -0.25) is 4.79 Å². The number of hydrogen-bond donors (Lipinski definition) is 1. The van der Waals surface area contributed by atoms with E-state index in [9.17, 15) is 4.79 Å². The Hall–Kier alpha value is -1.64. The molecular formula is C17H19ClN4O2S2. The lowest BCUT2D eigenvalue weighted by atomic mass is 10.3. The molecule has 0 radical (unpaired) electrons. The van der Waals surface area contributed by atoms with Crippen molar-refractivity contribution in [2.24, 2.45) is 0 Å². The summed E-state index contributed by atoms with van der Waals surface area (Å²) >= 11 is 9.32. The first-order chi connectivity index (χ1) is 12.7. The fourth-order valence-electron chi connectivity index (χ4n) is 2.51. The molecule has 26 heavy (non-hydrogen) atoms. The van der Waals surface area contributed by atoms with Gasteiger partial charge < -0.3 is 15.0 Å². The number of nitrogens with zero attached hydrogens (tertiary/aromatic N) is 3. The lowest BCUT2D eigenvalue weighted by Gasteiger charge is -2.28. The summed E-state index contributed by atoms with van der Waals surface area (Å²) in [7, 11) is 1.55. The molecule has 1 aliphatic heterocycles. The Kier molecular flexibility index (Phi) is 6.87. The standard InChI is InChI=1S/C17H19ClN4O2S2/c1-24-14-3-2-12(18)10-13(14)21-15(23)11-26-17-16(19-4-5-20-17)22-6-8-25-9-7-22/h2-5,10H,6-9,11H2,1H3,(H,21,23). The molecule has 0 spiro atoms. The van der Waals surface area contributed by atoms with E-state index in [1.54, 1.807) is 37.7 Å².